The molecule has 4 aromatic rings. The van der Waals surface area contributed by atoms with Crippen LogP contribution < -0.4 is 15.9 Å². The van der Waals surface area contributed by atoms with Crippen LogP contribution in [0.4, 0.5) is 0 Å². The van der Waals surface area contributed by atoms with E-state index < -0.39 is 7.92 Å². The third-order valence-corrected chi connectivity index (χ3v) is 7.42. The van der Waals surface area contributed by atoms with E-state index in [-0.39, 0.29) is 6.04 Å². The van der Waals surface area contributed by atoms with Crippen LogP contribution in [0.2, 0.25) is 0 Å². The van der Waals surface area contributed by atoms with Gasteiger partial charge in [0.15, 0.2) is 0 Å². The summed E-state index contributed by atoms with van der Waals surface area (Å²) in [5.74, 6) is 0. The molecular weight excluding hydrogens is 369 g/mol. The highest BCUT2D eigenvalue weighted by Gasteiger charge is 2.21. The summed E-state index contributed by atoms with van der Waals surface area (Å²) < 4.78 is 0. The van der Waals surface area contributed by atoms with Crippen molar-refractivity contribution in [2.24, 2.45) is 4.99 Å². The molecule has 0 bridgehead atoms. The predicted octanol–water partition coefficient (Wildman–Crippen LogP) is 5.62. The molecule has 4 aromatic carbocycles. The molecule has 142 valence electrons. The minimum atomic E-state index is -0.638. The third-order valence-electron chi connectivity index (χ3n) is 4.90. The molecule has 0 aliphatic rings. The first kappa shape index (κ1) is 19.3. The summed E-state index contributed by atoms with van der Waals surface area (Å²) in [6.07, 6.45) is 1.98. The Morgan fingerprint density at radius 3 is 1.69 bits per heavy atom. The standard InChI is InChI=1S/C27H24NP/c1-22(28-21-23-13-5-2-6-14-23)26-19-11-12-20-27(26)29(24-15-7-3-8-16-24)25-17-9-4-10-18-25/h2-22H,1H3/t22-/m0/s1. The van der Waals surface area contributed by atoms with Gasteiger partial charge in [-0.05, 0) is 41.9 Å². The van der Waals surface area contributed by atoms with E-state index in [4.69, 9.17) is 4.99 Å². The van der Waals surface area contributed by atoms with Gasteiger partial charge in [0, 0.05) is 6.21 Å². The Hall–Kier alpha value is -3.02. The molecule has 0 saturated carbocycles. The first-order valence-corrected chi connectivity index (χ1v) is 11.2. The zero-order valence-corrected chi connectivity index (χ0v) is 17.4. The molecule has 0 aromatic heterocycles. The summed E-state index contributed by atoms with van der Waals surface area (Å²) in [6, 6.07) is 40.8. The Kier molecular flexibility index (Phi) is 6.29. The van der Waals surface area contributed by atoms with Crippen LogP contribution in [0.15, 0.2) is 120 Å². The first-order valence-electron chi connectivity index (χ1n) is 9.90. The highest BCUT2D eigenvalue weighted by atomic mass is 31.1. The molecule has 0 fully saturated rings. The van der Waals surface area contributed by atoms with Crippen LogP contribution in [0, 0.1) is 0 Å². The summed E-state index contributed by atoms with van der Waals surface area (Å²) in [7, 11) is -0.638. The second-order valence-electron chi connectivity index (χ2n) is 6.93. The van der Waals surface area contributed by atoms with Crippen molar-refractivity contribution in [2.75, 3.05) is 0 Å². The molecule has 2 heteroatoms. The maximum absolute atomic E-state index is 4.88. The van der Waals surface area contributed by atoms with Gasteiger partial charge in [0.05, 0.1) is 6.04 Å². The van der Waals surface area contributed by atoms with E-state index in [9.17, 15) is 0 Å². The fourth-order valence-corrected chi connectivity index (χ4v) is 5.99. The Morgan fingerprint density at radius 1 is 0.621 bits per heavy atom. The lowest BCUT2D eigenvalue weighted by Gasteiger charge is -2.23. The van der Waals surface area contributed by atoms with Gasteiger partial charge in [-0.25, -0.2) is 0 Å². The van der Waals surface area contributed by atoms with Crippen LogP contribution in [0.5, 0.6) is 0 Å². The van der Waals surface area contributed by atoms with E-state index in [1.807, 2.05) is 24.4 Å². The lowest BCUT2D eigenvalue weighted by Crippen LogP contribution is -2.23. The molecule has 0 aliphatic heterocycles. The average molecular weight is 393 g/mol. The van der Waals surface area contributed by atoms with Crippen LogP contribution in [-0.2, 0) is 0 Å². The Morgan fingerprint density at radius 2 is 1.10 bits per heavy atom. The van der Waals surface area contributed by atoms with Crippen molar-refractivity contribution in [3.63, 3.8) is 0 Å². The summed E-state index contributed by atoms with van der Waals surface area (Å²) >= 11 is 0. The van der Waals surface area contributed by atoms with Crippen LogP contribution >= 0.6 is 7.92 Å². The van der Waals surface area contributed by atoms with Gasteiger partial charge in [0.25, 0.3) is 0 Å². The Labute approximate surface area is 174 Å². The number of rotatable bonds is 6. The highest BCUT2D eigenvalue weighted by Crippen LogP contribution is 2.36. The minimum absolute atomic E-state index is 0.0869. The molecule has 1 nitrogen and oxygen atoms in total. The number of benzene rings is 4. The monoisotopic (exact) mass is 393 g/mol. The molecule has 0 saturated heterocycles. The normalized spacial score (nSPS) is 12.3. The Balaban J connectivity index is 1.76. The fraction of sp³-hybridized carbons (Fsp3) is 0.0741. The average Bonchev–Trinajstić information content (AvgIpc) is 2.80. The lowest BCUT2D eigenvalue weighted by atomic mass is 10.1. The van der Waals surface area contributed by atoms with Crippen molar-refractivity contribution in [1.82, 2.24) is 0 Å². The van der Waals surface area contributed by atoms with Gasteiger partial charge < -0.3 is 0 Å². The van der Waals surface area contributed by atoms with E-state index >= 15 is 0 Å². The third kappa shape index (κ3) is 4.70. The van der Waals surface area contributed by atoms with Crippen molar-refractivity contribution < 1.29 is 0 Å². The van der Waals surface area contributed by atoms with Gasteiger partial charge in [-0.2, -0.15) is 0 Å². The number of hydrogen-bond acceptors (Lipinski definition) is 1. The number of hydrogen-bond donors (Lipinski definition) is 0. The largest absolute Gasteiger partial charge is 0.285 e. The highest BCUT2D eigenvalue weighted by molar-refractivity contribution is 7.79. The van der Waals surface area contributed by atoms with Crippen molar-refractivity contribution in [1.29, 1.82) is 0 Å². The molecule has 0 aliphatic carbocycles. The molecule has 29 heavy (non-hydrogen) atoms. The van der Waals surface area contributed by atoms with Gasteiger partial charge in [-0.1, -0.05) is 115 Å². The second-order valence-corrected chi connectivity index (χ2v) is 9.12. The molecule has 0 unspecified atom stereocenters. The smallest absolute Gasteiger partial charge is 0.0727 e. The molecule has 0 heterocycles. The number of nitrogens with zero attached hydrogens (tertiary/aromatic N) is 1. The summed E-state index contributed by atoms with van der Waals surface area (Å²) in [5.41, 5.74) is 2.42. The lowest BCUT2D eigenvalue weighted by molar-refractivity contribution is 0.831. The summed E-state index contributed by atoms with van der Waals surface area (Å²) in [6.45, 7) is 2.18. The SMILES string of the molecule is C[C@H](N=Cc1ccccc1)c1ccccc1P(c1ccccc1)c1ccccc1. The van der Waals surface area contributed by atoms with Crippen LogP contribution in [0.1, 0.15) is 24.1 Å². The maximum atomic E-state index is 4.88. The first-order chi connectivity index (χ1) is 14.3. The summed E-state index contributed by atoms with van der Waals surface area (Å²) in [5, 5.41) is 4.10. The predicted molar refractivity (Wildman–Crippen MR) is 128 cm³/mol. The molecular formula is C27H24NP. The summed E-state index contributed by atoms with van der Waals surface area (Å²) in [4.78, 5) is 4.88. The molecule has 0 radical (unpaired) electrons. The van der Waals surface area contributed by atoms with Crippen LogP contribution in [-0.4, -0.2) is 6.21 Å². The second kappa shape index (κ2) is 9.45. The zero-order chi connectivity index (χ0) is 19.9. The van der Waals surface area contributed by atoms with E-state index in [0.29, 0.717) is 0 Å². The molecule has 1 atom stereocenters. The van der Waals surface area contributed by atoms with Crippen LogP contribution in [0.3, 0.4) is 0 Å². The van der Waals surface area contributed by atoms with Gasteiger partial charge in [-0.15, -0.1) is 0 Å². The van der Waals surface area contributed by atoms with E-state index in [2.05, 4.69) is 104 Å². The molecule has 4 rings (SSSR count). The van der Waals surface area contributed by atoms with Gasteiger partial charge in [-0.3, -0.25) is 4.99 Å². The zero-order valence-electron chi connectivity index (χ0n) is 16.5. The maximum Gasteiger partial charge on any atom is 0.0727 e. The van der Waals surface area contributed by atoms with E-state index in [1.165, 1.54) is 21.5 Å². The van der Waals surface area contributed by atoms with Crippen LogP contribution in [0.25, 0.3) is 0 Å². The van der Waals surface area contributed by atoms with Crippen molar-refractivity contribution in [2.45, 2.75) is 13.0 Å². The van der Waals surface area contributed by atoms with Gasteiger partial charge >= 0.3 is 0 Å². The fourth-order valence-electron chi connectivity index (χ4n) is 3.44. The van der Waals surface area contributed by atoms with Crippen molar-refractivity contribution in [3.8, 4) is 0 Å². The van der Waals surface area contributed by atoms with E-state index in [1.54, 1.807) is 0 Å². The van der Waals surface area contributed by atoms with Gasteiger partial charge in [0.1, 0.15) is 0 Å². The number of aliphatic imine (C=N–C) groups is 1. The molecule has 0 N–H and O–H groups in total. The Bertz CT molecular complexity index is 1020. The van der Waals surface area contributed by atoms with Gasteiger partial charge in [0.2, 0.25) is 0 Å². The quantitative estimate of drug-likeness (QED) is 0.298. The van der Waals surface area contributed by atoms with Crippen molar-refractivity contribution >= 4 is 30.0 Å². The minimum Gasteiger partial charge on any atom is -0.285 e. The van der Waals surface area contributed by atoms with E-state index in [0.717, 1.165) is 5.56 Å². The topological polar surface area (TPSA) is 12.4 Å². The molecule has 0 spiro atoms. The van der Waals surface area contributed by atoms with Crippen molar-refractivity contribution in [3.05, 3.63) is 126 Å². The molecule has 0 amide bonds.